The first-order valence-electron chi connectivity index (χ1n) is 8.00. The van der Waals surface area contributed by atoms with Crippen LogP contribution in [-0.4, -0.2) is 64.9 Å². The minimum atomic E-state index is -0.505. The summed E-state index contributed by atoms with van der Waals surface area (Å²) in [6.07, 6.45) is 5.13. The normalized spacial score (nSPS) is 21.1. The third kappa shape index (κ3) is 3.88. The fourth-order valence-corrected chi connectivity index (χ4v) is 2.85. The lowest BCUT2D eigenvalue weighted by atomic mass is 10.1. The molecule has 0 bridgehead atoms. The van der Waals surface area contributed by atoms with Crippen LogP contribution in [0.2, 0.25) is 0 Å². The molecule has 2 aliphatic rings. The molecule has 2 fully saturated rings. The van der Waals surface area contributed by atoms with E-state index in [4.69, 9.17) is 4.74 Å². The van der Waals surface area contributed by atoms with E-state index >= 15 is 0 Å². The second-order valence-corrected chi connectivity index (χ2v) is 5.91. The van der Waals surface area contributed by atoms with Crippen LogP contribution >= 0.6 is 0 Å². The van der Waals surface area contributed by atoms with Gasteiger partial charge >= 0.3 is 6.03 Å². The van der Waals surface area contributed by atoms with Crippen LogP contribution in [0.5, 0.6) is 0 Å². The summed E-state index contributed by atoms with van der Waals surface area (Å²) in [4.78, 5) is 42.1. The zero-order valence-corrected chi connectivity index (χ0v) is 13.3. The number of amides is 4. The quantitative estimate of drug-likeness (QED) is 0.775. The number of pyridine rings is 1. The molecule has 8 heteroatoms. The van der Waals surface area contributed by atoms with Crippen molar-refractivity contribution in [3.63, 3.8) is 0 Å². The number of urea groups is 1. The van der Waals surface area contributed by atoms with Crippen LogP contribution in [0.25, 0.3) is 0 Å². The van der Waals surface area contributed by atoms with Gasteiger partial charge in [0.1, 0.15) is 6.54 Å². The number of ether oxygens (including phenoxy) is 1. The monoisotopic (exact) mass is 332 g/mol. The molecule has 0 unspecified atom stereocenters. The van der Waals surface area contributed by atoms with E-state index in [1.807, 2.05) is 12.1 Å². The molecular formula is C16H20N4O4. The maximum absolute atomic E-state index is 12.4. The van der Waals surface area contributed by atoms with E-state index < -0.39 is 6.03 Å². The molecule has 0 aliphatic carbocycles. The van der Waals surface area contributed by atoms with Crippen LogP contribution in [0, 0.1) is 0 Å². The Morgan fingerprint density at radius 3 is 3.00 bits per heavy atom. The number of hydrogen-bond acceptors (Lipinski definition) is 5. The minimum absolute atomic E-state index is 0.0387. The molecule has 2 saturated heterocycles. The number of piperidine rings is 1. The van der Waals surface area contributed by atoms with Crippen molar-refractivity contribution < 1.29 is 19.1 Å². The first-order valence-corrected chi connectivity index (χ1v) is 8.00. The van der Waals surface area contributed by atoms with Gasteiger partial charge in [-0.25, -0.2) is 4.79 Å². The highest BCUT2D eigenvalue weighted by Crippen LogP contribution is 2.16. The van der Waals surface area contributed by atoms with E-state index in [2.05, 4.69) is 10.3 Å². The van der Waals surface area contributed by atoms with Gasteiger partial charge in [0.15, 0.2) is 0 Å². The number of nitrogens with one attached hydrogen (secondary N) is 1. The number of hydrogen-bond donors (Lipinski definition) is 1. The SMILES string of the molecule is O=C(CN1C(=O)CNC1=O)N1CCC[C@H](OCc2cccnc2)C1. The maximum atomic E-state index is 12.4. The molecule has 3 heterocycles. The van der Waals surface area contributed by atoms with Crippen molar-refractivity contribution in [3.05, 3.63) is 30.1 Å². The van der Waals surface area contributed by atoms with Crippen molar-refractivity contribution in [1.29, 1.82) is 0 Å². The van der Waals surface area contributed by atoms with Crippen LogP contribution in [0.4, 0.5) is 4.79 Å². The van der Waals surface area contributed by atoms with Crippen LogP contribution < -0.4 is 5.32 Å². The topological polar surface area (TPSA) is 91.8 Å². The molecule has 0 saturated carbocycles. The smallest absolute Gasteiger partial charge is 0.325 e. The lowest BCUT2D eigenvalue weighted by molar-refractivity contribution is -0.139. The Bertz CT molecular complexity index is 606. The molecule has 0 aromatic carbocycles. The van der Waals surface area contributed by atoms with Gasteiger partial charge in [-0.1, -0.05) is 6.07 Å². The number of aromatic nitrogens is 1. The fourth-order valence-electron chi connectivity index (χ4n) is 2.85. The summed E-state index contributed by atoms with van der Waals surface area (Å²) in [5.74, 6) is -0.593. The van der Waals surface area contributed by atoms with E-state index in [1.165, 1.54) is 0 Å². The second-order valence-electron chi connectivity index (χ2n) is 5.91. The molecule has 4 amide bonds. The summed E-state index contributed by atoms with van der Waals surface area (Å²) in [5.41, 5.74) is 0.986. The summed E-state index contributed by atoms with van der Waals surface area (Å²) in [5, 5.41) is 2.41. The number of nitrogens with zero attached hydrogens (tertiary/aromatic N) is 3. The van der Waals surface area contributed by atoms with Gasteiger partial charge in [0.05, 0.1) is 19.3 Å². The molecule has 1 atom stereocenters. The van der Waals surface area contributed by atoms with Crippen LogP contribution in [0.3, 0.4) is 0 Å². The Morgan fingerprint density at radius 2 is 2.29 bits per heavy atom. The molecule has 1 aromatic rings. The average molecular weight is 332 g/mol. The fraction of sp³-hybridized carbons (Fsp3) is 0.500. The second kappa shape index (κ2) is 7.39. The lowest BCUT2D eigenvalue weighted by Crippen LogP contribution is -2.48. The largest absolute Gasteiger partial charge is 0.372 e. The minimum Gasteiger partial charge on any atom is -0.372 e. The van der Waals surface area contributed by atoms with Crippen LogP contribution in [0.1, 0.15) is 18.4 Å². The van der Waals surface area contributed by atoms with Crippen molar-refractivity contribution in [2.24, 2.45) is 0 Å². The Kier molecular flexibility index (Phi) is 5.05. The third-order valence-electron chi connectivity index (χ3n) is 4.17. The lowest BCUT2D eigenvalue weighted by Gasteiger charge is -2.33. The predicted octanol–water partition coefficient (Wildman–Crippen LogP) is 0.141. The highest BCUT2D eigenvalue weighted by atomic mass is 16.5. The first kappa shape index (κ1) is 16.4. The third-order valence-corrected chi connectivity index (χ3v) is 4.17. The number of carbonyl (C=O) groups is 3. The summed E-state index contributed by atoms with van der Waals surface area (Å²) >= 11 is 0. The van der Waals surface area contributed by atoms with E-state index in [1.54, 1.807) is 17.3 Å². The molecule has 128 valence electrons. The highest BCUT2D eigenvalue weighted by Gasteiger charge is 2.33. The van der Waals surface area contributed by atoms with E-state index in [-0.39, 0.29) is 31.0 Å². The molecular weight excluding hydrogens is 312 g/mol. The maximum Gasteiger partial charge on any atom is 0.325 e. The first-order chi connectivity index (χ1) is 11.6. The Balaban J connectivity index is 1.50. The van der Waals surface area contributed by atoms with Crippen molar-refractivity contribution in [2.45, 2.75) is 25.6 Å². The Morgan fingerprint density at radius 1 is 1.42 bits per heavy atom. The Labute approximate surface area is 139 Å². The molecule has 0 spiro atoms. The summed E-state index contributed by atoms with van der Waals surface area (Å²) in [6.45, 7) is 1.30. The van der Waals surface area contributed by atoms with Gasteiger partial charge < -0.3 is 15.0 Å². The van der Waals surface area contributed by atoms with Gasteiger partial charge in [-0.2, -0.15) is 0 Å². The van der Waals surface area contributed by atoms with E-state index in [0.29, 0.717) is 19.7 Å². The molecule has 1 aromatic heterocycles. The number of carbonyl (C=O) groups excluding carboxylic acids is 3. The van der Waals surface area contributed by atoms with Crippen molar-refractivity contribution in [3.8, 4) is 0 Å². The average Bonchev–Trinajstić information content (AvgIpc) is 2.93. The molecule has 3 rings (SSSR count). The van der Waals surface area contributed by atoms with Gasteiger partial charge in [0.2, 0.25) is 5.91 Å². The predicted molar refractivity (Wildman–Crippen MR) is 83.7 cm³/mol. The van der Waals surface area contributed by atoms with Gasteiger partial charge in [0.25, 0.3) is 5.91 Å². The standard InChI is InChI=1S/C16H20N4O4/c21-14-8-18-16(23)20(14)10-15(22)19-6-2-4-13(9-19)24-11-12-3-1-5-17-7-12/h1,3,5,7,13H,2,4,6,8-11H2,(H,18,23)/t13-/m0/s1. The van der Waals surface area contributed by atoms with Crippen molar-refractivity contribution in [2.75, 3.05) is 26.2 Å². The number of likely N-dealkylation sites (tertiary alicyclic amines) is 1. The van der Waals surface area contributed by atoms with E-state index in [9.17, 15) is 14.4 Å². The summed E-state index contributed by atoms with van der Waals surface area (Å²) < 4.78 is 5.87. The molecule has 1 N–H and O–H groups in total. The van der Waals surface area contributed by atoms with Crippen LogP contribution in [0.15, 0.2) is 24.5 Å². The number of rotatable bonds is 5. The Hall–Kier alpha value is -2.48. The van der Waals surface area contributed by atoms with Crippen LogP contribution in [-0.2, 0) is 20.9 Å². The van der Waals surface area contributed by atoms with Crippen molar-refractivity contribution in [1.82, 2.24) is 20.1 Å². The summed E-state index contributed by atoms with van der Waals surface area (Å²) in [7, 11) is 0. The zero-order valence-electron chi connectivity index (χ0n) is 13.3. The van der Waals surface area contributed by atoms with Gasteiger partial charge in [-0.3, -0.25) is 19.5 Å². The number of imide groups is 1. The summed E-state index contributed by atoms with van der Waals surface area (Å²) in [6, 6.07) is 3.29. The highest BCUT2D eigenvalue weighted by molar-refractivity contribution is 6.04. The molecule has 2 aliphatic heterocycles. The zero-order chi connectivity index (χ0) is 16.9. The molecule has 0 radical (unpaired) electrons. The van der Waals surface area contributed by atoms with Gasteiger partial charge in [-0.15, -0.1) is 0 Å². The molecule has 8 nitrogen and oxygen atoms in total. The van der Waals surface area contributed by atoms with E-state index in [0.717, 1.165) is 23.3 Å². The van der Waals surface area contributed by atoms with Gasteiger partial charge in [-0.05, 0) is 24.5 Å². The molecule has 24 heavy (non-hydrogen) atoms. The van der Waals surface area contributed by atoms with Gasteiger partial charge in [0, 0.05) is 25.5 Å². The van der Waals surface area contributed by atoms with Crippen molar-refractivity contribution >= 4 is 17.8 Å².